The van der Waals surface area contributed by atoms with Gasteiger partial charge in [-0.2, -0.15) is 5.10 Å². The maximum absolute atomic E-state index is 13.8. The van der Waals surface area contributed by atoms with Crippen molar-refractivity contribution in [1.82, 2.24) is 4.98 Å². The van der Waals surface area contributed by atoms with E-state index in [1.165, 1.54) is 11.3 Å². The van der Waals surface area contributed by atoms with Gasteiger partial charge in [0.25, 0.3) is 0 Å². The van der Waals surface area contributed by atoms with Gasteiger partial charge < -0.3 is 28.4 Å². The Morgan fingerprint density at radius 3 is 1.69 bits per heavy atom. The predicted octanol–water partition coefficient (Wildman–Crippen LogP) is 10.7. The number of fused-ring (bicyclic) bond motifs is 2. The molecule has 0 aliphatic heterocycles. The Morgan fingerprint density at radius 1 is 0.631 bits per heavy atom. The number of rotatable bonds is 25. The summed E-state index contributed by atoms with van der Waals surface area (Å²) in [5.74, 6) is -0.336. The summed E-state index contributed by atoms with van der Waals surface area (Å²) in [5, 5.41) is 8.03. The van der Waals surface area contributed by atoms with Crippen molar-refractivity contribution < 1.29 is 47.6 Å². The summed E-state index contributed by atoms with van der Waals surface area (Å²) in [6.07, 6.45) is 10.7. The van der Waals surface area contributed by atoms with Gasteiger partial charge in [-0.1, -0.05) is 60.9 Å². The molecule has 6 rings (SSSR count). The van der Waals surface area contributed by atoms with E-state index in [1.54, 1.807) is 85.0 Å². The molecule has 0 atom stereocenters. The summed E-state index contributed by atoms with van der Waals surface area (Å²) in [6.45, 7) is 8.50. The SMILES string of the molecule is C=CC(=O)OCCCCCCOc1ccc(C(=O)Oc2cc(C=NN(C)c3nc4ccccc4s3)c(OC(=O)c3ccc(OCCCCCCOC(=O)C=C)cc3)c3ccccc23)cc1. The molecule has 6 aromatic rings. The van der Waals surface area contributed by atoms with E-state index < -0.39 is 23.9 Å². The first-order valence-corrected chi connectivity index (χ1v) is 22.2. The summed E-state index contributed by atoms with van der Waals surface area (Å²) in [7, 11) is 1.77. The molecule has 5 aromatic carbocycles. The number of aromatic nitrogens is 1. The number of anilines is 1. The summed E-state index contributed by atoms with van der Waals surface area (Å²) >= 11 is 1.48. The molecule has 0 aliphatic rings. The van der Waals surface area contributed by atoms with Crippen LogP contribution in [-0.4, -0.2) is 68.6 Å². The van der Waals surface area contributed by atoms with E-state index in [2.05, 4.69) is 18.3 Å². The van der Waals surface area contributed by atoms with Crippen molar-refractivity contribution in [3.05, 3.63) is 145 Å². The van der Waals surface area contributed by atoms with Crippen molar-refractivity contribution in [1.29, 1.82) is 0 Å². The number of nitrogens with zero attached hydrogens (tertiary/aromatic N) is 3. The molecule has 0 fully saturated rings. The quantitative estimate of drug-likeness (QED) is 0.0134. The van der Waals surface area contributed by atoms with E-state index in [0.717, 1.165) is 73.7 Å². The van der Waals surface area contributed by atoms with Crippen LogP contribution in [0.1, 0.15) is 77.6 Å². The molecule has 1 heterocycles. The van der Waals surface area contributed by atoms with Crippen molar-refractivity contribution in [3.63, 3.8) is 0 Å². The van der Waals surface area contributed by atoms with E-state index in [0.29, 0.717) is 70.5 Å². The highest BCUT2D eigenvalue weighted by atomic mass is 32.1. The number of hydrogen-bond donors (Lipinski definition) is 0. The second-order valence-electron chi connectivity index (χ2n) is 14.7. The molecule has 1 aromatic heterocycles. The Bertz CT molecular complexity index is 2570. The number of carbonyl (C=O) groups excluding carboxylic acids is 4. The molecule has 0 radical (unpaired) electrons. The number of carbonyl (C=O) groups is 4. The van der Waals surface area contributed by atoms with Crippen molar-refractivity contribution in [2.75, 3.05) is 38.5 Å². The fraction of sp³-hybridized carbons (Fsp3) is 0.255. The first-order valence-electron chi connectivity index (χ1n) is 21.4. The Labute approximate surface area is 381 Å². The zero-order chi connectivity index (χ0) is 45.8. The highest BCUT2D eigenvalue weighted by Gasteiger charge is 2.21. The first kappa shape index (κ1) is 47.2. The second kappa shape index (κ2) is 24.5. The third-order valence-corrected chi connectivity index (χ3v) is 11.0. The number of unbranched alkanes of at least 4 members (excludes halogenated alkanes) is 6. The molecule has 65 heavy (non-hydrogen) atoms. The number of hydrogen-bond acceptors (Lipinski definition) is 14. The molecule has 0 bridgehead atoms. The predicted molar refractivity (Wildman–Crippen MR) is 253 cm³/mol. The van der Waals surface area contributed by atoms with Crippen LogP contribution < -0.4 is 24.0 Å². The maximum Gasteiger partial charge on any atom is 0.343 e. The summed E-state index contributed by atoms with van der Waals surface area (Å²) in [4.78, 5) is 54.5. The summed E-state index contributed by atoms with van der Waals surface area (Å²) < 4.78 is 35.0. The minimum absolute atomic E-state index is 0.226. The topological polar surface area (TPSA) is 152 Å². The number of ether oxygens (including phenoxy) is 6. The summed E-state index contributed by atoms with van der Waals surface area (Å²) in [5.41, 5.74) is 1.84. The zero-order valence-electron chi connectivity index (χ0n) is 36.3. The molecule has 0 saturated heterocycles. The van der Waals surface area contributed by atoms with Crippen molar-refractivity contribution in [2.24, 2.45) is 5.10 Å². The molecular formula is C51H51N3O10S. The molecule has 14 heteroatoms. The fourth-order valence-electron chi connectivity index (χ4n) is 6.47. The van der Waals surface area contributed by atoms with Crippen molar-refractivity contribution >= 4 is 67.5 Å². The summed E-state index contributed by atoms with van der Waals surface area (Å²) in [6, 6.07) is 30.1. The van der Waals surface area contributed by atoms with Crippen LogP contribution in [0.4, 0.5) is 5.13 Å². The molecule has 13 nitrogen and oxygen atoms in total. The number of benzene rings is 5. The maximum atomic E-state index is 13.8. The standard InChI is InChI=1S/C51H51N3O10S/c1-4-46(55)61-32-16-8-6-14-30-59-39-26-22-36(23-27-39)49(57)63-44-34-38(35-52-54(3)51-53-43-20-12-13-21-45(43)65-51)48(42-19-11-10-18-41(42)44)64-50(58)37-24-28-40(29-25-37)60-31-15-7-9-17-33-62-47(56)5-2/h4-5,10-13,18-29,34-35H,1-2,6-9,14-17,30-33H2,3H3. The van der Waals surface area contributed by atoms with Gasteiger partial charge >= 0.3 is 23.9 Å². The van der Waals surface area contributed by atoms with Crippen LogP contribution in [0.2, 0.25) is 0 Å². The monoisotopic (exact) mass is 897 g/mol. The van der Waals surface area contributed by atoms with E-state index in [-0.39, 0.29) is 11.5 Å². The number of hydrazone groups is 1. The van der Waals surface area contributed by atoms with Crippen LogP contribution in [0.25, 0.3) is 21.0 Å². The van der Waals surface area contributed by atoms with Crippen LogP contribution in [0.3, 0.4) is 0 Å². The molecule has 0 amide bonds. The third kappa shape index (κ3) is 14.1. The average Bonchev–Trinajstić information content (AvgIpc) is 3.78. The average molecular weight is 898 g/mol. The molecule has 0 spiro atoms. The van der Waals surface area contributed by atoms with Gasteiger partial charge in [-0.15, -0.1) is 0 Å². The van der Waals surface area contributed by atoms with E-state index in [1.807, 2.05) is 36.4 Å². The highest BCUT2D eigenvalue weighted by Crippen LogP contribution is 2.38. The van der Waals surface area contributed by atoms with Crippen molar-refractivity contribution in [3.8, 4) is 23.0 Å². The lowest BCUT2D eigenvalue weighted by Crippen LogP contribution is -2.13. The molecule has 0 N–H and O–H groups in total. The lowest BCUT2D eigenvalue weighted by Gasteiger charge is -2.16. The highest BCUT2D eigenvalue weighted by molar-refractivity contribution is 7.22. The smallest absolute Gasteiger partial charge is 0.343 e. The Balaban J connectivity index is 1.14. The number of thiazole rings is 1. The third-order valence-electron chi connectivity index (χ3n) is 9.93. The van der Waals surface area contributed by atoms with Crippen LogP contribution >= 0.6 is 11.3 Å². The normalized spacial score (nSPS) is 11.0. The van der Waals surface area contributed by atoms with Crippen LogP contribution in [-0.2, 0) is 19.1 Å². The molecule has 0 aliphatic carbocycles. The van der Waals surface area contributed by atoms with E-state index in [9.17, 15) is 19.2 Å². The Hall–Kier alpha value is -7.32. The van der Waals surface area contributed by atoms with Gasteiger partial charge in [-0.25, -0.2) is 29.2 Å². The Morgan fingerprint density at radius 2 is 1.14 bits per heavy atom. The number of para-hydroxylation sites is 1. The van der Waals surface area contributed by atoms with Gasteiger partial charge in [-0.3, -0.25) is 0 Å². The largest absolute Gasteiger partial charge is 0.494 e. The molecule has 336 valence electrons. The van der Waals surface area contributed by atoms with Gasteiger partial charge in [0, 0.05) is 35.5 Å². The van der Waals surface area contributed by atoms with E-state index in [4.69, 9.17) is 33.4 Å². The molecular weight excluding hydrogens is 847 g/mol. The number of esters is 4. The van der Waals surface area contributed by atoms with Gasteiger partial charge in [0.2, 0.25) is 5.13 Å². The zero-order valence-corrected chi connectivity index (χ0v) is 37.1. The first-order chi connectivity index (χ1) is 31.7. The van der Waals surface area contributed by atoms with Gasteiger partial charge in [0.15, 0.2) is 0 Å². The van der Waals surface area contributed by atoms with Gasteiger partial charge in [0.05, 0.1) is 54.0 Å². The van der Waals surface area contributed by atoms with Crippen LogP contribution in [0.15, 0.2) is 134 Å². The molecule has 0 saturated carbocycles. The lowest BCUT2D eigenvalue weighted by molar-refractivity contribution is -0.138. The minimum atomic E-state index is -0.605. The van der Waals surface area contributed by atoms with Crippen LogP contribution in [0.5, 0.6) is 23.0 Å². The fourth-order valence-corrected chi connectivity index (χ4v) is 7.36. The van der Waals surface area contributed by atoms with Crippen molar-refractivity contribution in [2.45, 2.75) is 51.4 Å². The van der Waals surface area contributed by atoms with E-state index >= 15 is 0 Å². The van der Waals surface area contributed by atoms with Crippen LogP contribution in [0, 0.1) is 0 Å². The lowest BCUT2D eigenvalue weighted by atomic mass is 10.0. The van der Waals surface area contributed by atoms with Gasteiger partial charge in [-0.05, 0) is 118 Å². The molecule has 0 unspecified atom stereocenters. The Kier molecular flexibility index (Phi) is 17.8. The second-order valence-corrected chi connectivity index (χ2v) is 15.7. The van der Waals surface area contributed by atoms with Gasteiger partial charge in [0.1, 0.15) is 23.0 Å². The minimum Gasteiger partial charge on any atom is -0.494 e.